The van der Waals surface area contributed by atoms with E-state index in [1.807, 2.05) is 23.5 Å². The van der Waals surface area contributed by atoms with Crippen molar-refractivity contribution in [2.75, 3.05) is 23.4 Å². The maximum atomic E-state index is 12.1. The molecule has 1 aromatic heterocycles. The van der Waals surface area contributed by atoms with Gasteiger partial charge < -0.3 is 10.6 Å². The first-order chi connectivity index (χ1) is 9.24. The molecule has 0 spiro atoms. The van der Waals surface area contributed by atoms with Gasteiger partial charge in [0.15, 0.2) is 0 Å². The van der Waals surface area contributed by atoms with Gasteiger partial charge in [0, 0.05) is 43.1 Å². The van der Waals surface area contributed by atoms with Gasteiger partial charge in [0.25, 0.3) is 0 Å². The number of hydrogen-bond donors (Lipinski definition) is 2. The van der Waals surface area contributed by atoms with Crippen molar-refractivity contribution >= 4 is 35.9 Å². The lowest BCUT2D eigenvalue weighted by Gasteiger charge is -2.22. The number of thioether (sulfide) groups is 1. The maximum absolute atomic E-state index is 12.1. The molecule has 112 valence electrons. The highest BCUT2D eigenvalue weighted by atomic mass is 35.5. The van der Waals surface area contributed by atoms with E-state index < -0.39 is 0 Å². The standard InChI is InChI=1S/C13H20N4OS.ClH/c1-17-13(10-3-2-4-11(10)16-17)15-12(18)7-9-8-19-6-5-14-9;/h9,14H,2-8H2,1H3,(H,15,18);1H. The summed E-state index contributed by atoms with van der Waals surface area (Å²) < 4.78 is 1.81. The van der Waals surface area contributed by atoms with Crippen LogP contribution in [0, 0.1) is 0 Å². The van der Waals surface area contributed by atoms with Crippen LogP contribution in [-0.4, -0.2) is 39.8 Å². The van der Waals surface area contributed by atoms with Gasteiger partial charge in [0.1, 0.15) is 5.82 Å². The second kappa shape index (κ2) is 6.83. The monoisotopic (exact) mass is 316 g/mol. The topological polar surface area (TPSA) is 59.0 Å². The molecule has 1 aromatic rings. The first-order valence-corrected chi connectivity index (χ1v) is 8.05. The zero-order chi connectivity index (χ0) is 13.2. The number of fused-ring (bicyclic) bond motifs is 1. The molecular formula is C13H21ClN4OS. The molecule has 0 saturated carbocycles. The molecule has 0 radical (unpaired) electrons. The van der Waals surface area contributed by atoms with E-state index in [2.05, 4.69) is 15.7 Å². The van der Waals surface area contributed by atoms with Crippen LogP contribution in [0.5, 0.6) is 0 Å². The van der Waals surface area contributed by atoms with Crippen molar-refractivity contribution in [1.29, 1.82) is 0 Å². The van der Waals surface area contributed by atoms with E-state index >= 15 is 0 Å². The average molecular weight is 317 g/mol. The first-order valence-electron chi connectivity index (χ1n) is 6.90. The van der Waals surface area contributed by atoms with Crippen LogP contribution in [0.3, 0.4) is 0 Å². The quantitative estimate of drug-likeness (QED) is 0.884. The van der Waals surface area contributed by atoms with E-state index in [0.29, 0.717) is 12.5 Å². The Morgan fingerprint density at radius 3 is 3.15 bits per heavy atom. The zero-order valence-corrected chi connectivity index (χ0v) is 13.3. The summed E-state index contributed by atoms with van der Waals surface area (Å²) >= 11 is 1.92. The molecule has 0 bridgehead atoms. The van der Waals surface area contributed by atoms with Crippen molar-refractivity contribution in [2.24, 2.45) is 7.05 Å². The Labute approximate surface area is 129 Å². The number of aryl methyl sites for hydroxylation is 2. The molecule has 1 aliphatic carbocycles. The smallest absolute Gasteiger partial charge is 0.227 e. The van der Waals surface area contributed by atoms with Gasteiger partial charge in [-0.15, -0.1) is 12.4 Å². The fraction of sp³-hybridized carbons (Fsp3) is 0.692. The number of anilines is 1. The lowest BCUT2D eigenvalue weighted by atomic mass is 10.2. The predicted molar refractivity (Wildman–Crippen MR) is 84.8 cm³/mol. The van der Waals surface area contributed by atoms with Gasteiger partial charge in [-0.2, -0.15) is 16.9 Å². The molecule has 3 rings (SSSR count). The average Bonchev–Trinajstić information content (AvgIpc) is 2.94. The Bertz CT molecular complexity index is 485. The number of hydrogen-bond acceptors (Lipinski definition) is 4. The van der Waals surface area contributed by atoms with E-state index in [-0.39, 0.29) is 18.3 Å². The molecule has 2 aliphatic rings. The Hall–Kier alpha value is -0.720. The van der Waals surface area contributed by atoms with Crippen molar-refractivity contribution in [1.82, 2.24) is 15.1 Å². The van der Waals surface area contributed by atoms with E-state index in [0.717, 1.165) is 48.8 Å². The van der Waals surface area contributed by atoms with Crippen LogP contribution in [0.4, 0.5) is 5.82 Å². The Morgan fingerprint density at radius 2 is 2.40 bits per heavy atom. The Kier molecular flexibility index (Phi) is 5.35. The highest BCUT2D eigenvalue weighted by Gasteiger charge is 2.23. The molecule has 2 heterocycles. The van der Waals surface area contributed by atoms with Gasteiger partial charge in [-0.25, -0.2) is 0 Å². The van der Waals surface area contributed by atoms with Gasteiger partial charge in [0.2, 0.25) is 5.91 Å². The highest BCUT2D eigenvalue weighted by molar-refractivity contribution is 7.99. The van der Waals surface area contributed by atoms with Gasteiger partial charge in [0.05, 0.1) is 5.69 Å². The third-order valence-electron chi connectivity index (χ3n) is 3.76. The van der Waals surface area contributed by atoms with E-state index in [4.69, 9.17) is 0 Å². The first kappa shape index (κ1) is 15.7. The van der Waals surface area contributed by atoms with Crippen LogP contribution >= 0.6 is 24.2 Å². The second-order valence-electron chi connectivity index (χ2n) is 5.23. The highest BCUT2D eigenvalue weighted by Crippen LogP contribution is 2.28. The number of aromatic nitrogens is 2. The van der Waals surface area contributed by atoms with Crippen molar-refractivity contribution in [3.8, 4) is 0 Å². The summed E-state index contributed by atoms with van der Waals surface area (Å²) in [5.74, 6) is 3.17. The minimum atomic E-state index is 0. The van der Waals surface area contributed by atoms with Crippen molar-refractivity contribution in [3.63, 3.8) is 0 Å². The van der Waals surface area contributed by atoms with E-state index in [1.165, 1.54) is 5.56 Å². The predicted octanol–water partition coefficient (Wildman–Crippen LogP) is 1.36. The molecule has 1 unspecified atom stereocenters. The summed E-state index contributed by atoms with van der Waals surface area (Å²) in [6, 6.07) is 0.306. The summed E-state index contributed by atoms with van der Waals surface area (Å²) in [5.41, 5.74) is 2.39. The minimum absolute atomic E-state index is 0. The minimum Gasteiger partial charge on any atom is -0.312 e. The maximum Gasteiger partial charge on any atom is 0.227 e. The number of carbonyl (C=O) groups is 1. The molecule has 20 heavy (non-hydrogen) atoms. The number of rotatable bonds is 3. The fourth-order valence-electron chi connectivity index (χ4n) is 2.83. The number of carbonyl (C=O) groups excluding carboxylic acids is 1. The van der Waals surface area contributed by atoms with E-state index in [1.54, 1.807) is 0 Å². The van der Waals surface area contributed by atoms with Gasteiger partial charge in [-0.3, -0.25) is 9.48 Å². The molecule has 1 aliphatic heterocycles. The van der Waals surface area contributed by atoms with Crippen LogP contribution in [0.15, 0.2) is 0 Å². The molecule has 7 heteroatoms. The van der Waals surface area contributed by atoms with Crippen LogP contribution in [0.1, 0.15) is 24.1 Å². The van der Waals surface area contributed by atoms with Gasteiger partial charge in [-0.1, -0.05) is 0 Å². The molecule has 0 aromatic carbocycles. The molecule has 1 saturated heterocycles. The second-order valence-corrected chi connectivity index (χ2v) is 6.38. The largest absolute Gasteiger partial charge is 0.312 e. The summed E-state index contributed by atoms with van der Waals surface area (Å²) in [5, 5.41) is 10.9. The third-order valence-corrected chi connectivity index (χ3v) is 4.89. The summed E-state index contributed by atoms with van der Waals surface area (Å²) in [7, 11) is 1.91. The molecular weight excluding hydrogens is 296 g/mol. The SMILES string of the molecule is Cl.Cn1nc2c(c1NC(=O)CC1CSCCN1)CCC2. The molecule has 1 amide bonds. The Morgan fingerprint density at radius 1 is 1.55 bits per heavy atom. The summed E-state index contributed by atoms with van der Waals surface area (Å²) in [6.45, 7) is 1.00. The number of nitrogens with one attached hydrogen (secondary N) is 2. The molecule has 5 nitrogen and oxygen atoms in total. The van der Waals surface area contributed by atoms with Crippen LogP contribution in [0.2, 0.25) is 0 Å². The van der Waals surface area contributed by atoms with Crippen molar-refractivity contribution in [2.45, 2.75) is 31.7 Å². The third kappa shape index (κ3) is 3.30. The number of halogens is 1. The molecule has 1 fully saturated rings. The van der Waals surface area contributed by atoms with Gasteiger partial charge >= 0.3 is 0 Å². The lowest BCUT2D eigenvalue weighted by Crippen LogP contribution is -2.40. The lowest BCUT2D eigenvalue weighted by molar-refractivity contribution is -0.116. The van der Waals surface area contributed by atoms with Crippen LogP contribution in [0.25, 0.3) is 0 Å². The normalized spacial score (nSPS) is 21.1. The Balaban J connectivity index is 0.00000147. The van der Waals surface area contributed by atoms with Gasteiger partial charge in [-0.05, 0) is 19.3 Å². The zero-order valence-electron chi connectivity index (χ0n) is 11.6. The van der Waals surface area contributed by atoms with Crippen molar-refractivity contribution in [3.05, 3.63) is 11.3 Å². The van der Waals surface area contributed by atoms with Crippen molar-refractivity contribution < 1.29 is 4.79 Å². The van der Waals surface area contributed by atoms with E-state index in [9.17, 15) is 4.79 Å². The number of amides is 1. The summed E-state index contributed by atoms with van der Waals surface area (Å²) in [6.07, 6.45) is 3.78. The van der Waals surface area contributed by atoms with Crippen LogP contribution < -0.4 is 10.6 Å². The number of nitrogens with zero attached hydrogens (tertiary/aromatic N) is 2. The molecule has 1 atom stereocenters. The van der Waals surface area contributed by atoms with Crippen LogP contribution in [-0.2, 0) is 24.7 Å². The fourth-order valence-corrected chi connectivity index (χ4v) is 3.78. The summed E-state index contributed by atoms with van der Waals surface area (Å²) in [4.78, 5) is 12.1. The molecule has 2 N–H and O–H groups in total.